The first kappa shape index (κ1) is 15.8. The monoisotopic (exact) mass is 359 g/mol. The van der Waals surface area contributed by atoms with Gasteiger partial charge in [-0.1, -0.05) is 15.9 Å². The Morgan fingerprint density at radius 3 is 2.90 bits per heavy atom. The van der Waals surface area contributed by atoms with Gasteiger partial charge in [-0.3, -0.25) is 9.59 Å². The first-order valence-electron chi connectivity index (χ1n) is 6.56. The number of piperidine rings is 1. The first-order chi connectivity index (χ1) is 9.97. The third kappa shape index (κ3) is 4.17. The summed E-state index contributed by atoms with van der Waals surface area (Å²) in [5.41, 5.74) is 0. The van der Waals surface area contributed by atoms with Crippen LogP contribution in [0.3, 0.4) is 0 Å². The Hall–Kier alpha value is -1.63. The van der Waals surface area contributed by atoms with Gasteiger partial charge in [0.25, 0.3) is 5.91 Å². The van der Waals surface area contributed by atoms with Crippen molar-refractivity contribution in [3.05, 3.63) is 28.5 Å². The minimum Gasteiger partial charge on any atom is -0.481 e. The number of aliphatic carboxylic acids is 1. The summed E-state index contributed by atoms with van der Waals surface area (Å²) >= 11 is 3.13. The van der Waals surface area contributed by atoms with Gasteiger partial charge < -0.3 is 14.7 Å². The molecular weight excluding hydrogens is 345 g/mol. The highest BCUT2D eigenvalue weighted by molar-refractivity contribution is 9.10. The summed E-state index contributed by atoms with van der Waals surface area (Å²) in [7, 11) is 0. The van der Waals surface area contributed by atoms with Crippen molar-refractivity contribution < 1.29 is 23.8 Å². The van der Waals surface area contributed by atoms with E-state index < -0.39 is 17.7 Å². The fourth-order valence-corrected chi connectivity index (χ4v) is 2.56. The Labute approximate surface area is 129 Å². The van der Waals surface area contributed by atoms with Crippen LogP contribution in [0.4, 0.5) is 4.39 Å². The van der Waals surface area contributed by atoms with Crippen molar-refractivity contribution >= 4 is 27.8 Å². The van der Waals surface area contributed by atoms with E-state index in [2.05, 4.69) is 15.9 Å². The predicted octanol–water partition coefficient (Wildman–Crippen LogP) is 2.29. The lowest BCUT2D eigenvalue weighted by atomic mass is 9.98. The van der Waals surface area contributed by atoms with Crippen LogP contribution in [0.1, 0.15) is 12.8 Å². The molecule has 1 fully saturated rings. The lowest BCUT2D eigenvalue weighted by Crippen LogP contribution is -2.44. The van der Waals surface area contributed by atoms with Gasteiger partial charge in [-0.25, -0.2) is 4.39 Å². The van der Waals surface area contributed by atoms with Gasteiger partial charge >= 0.3 is 5.97 Å². The number of hydrogen-bond acceptors (Lipinski definition) is 3. The SMILES string of the molecule is O=C(O)C1CCCN(C(=O)COc2ccc(Br)cc2F)C1. The number of likely N-dealkylation sites (tertiary alicyclic amines) is 1. The molecular formula is C14H15BrFNO4. The molecule has 1 saturated heterocycles. The van der Waals surface area contributed by atoms with Crippen LogP contribution in [0, 0.1) is 11.7 Å². The van der Waals surface area contributed by atoms with Crippen molar-refractivity contribution in [3.63, 3.8) is 0 Å². The zero-order valence-corrected chi connectivity index (χ0v) is 12.8. The van der Waals surface area contributed by atoms with E-state index in [1.165, 1.54) is 17.0 Å². The number of nitrogens with zero attached hydrogens (tertiary/aromatic N) is 1. The Bertz CT molecular complexity index is 552. The highest BCUT2D eigenvalue weighted by Crippen LogP contribution is 2.22. The Morgan fingerprint density at radius 1 is 1.48 bits per heavy atom. The van der Waals surface area contributed by atoms with E-state index in [4.69, 9.17) is 9.84 Å². The molecule has 1 unspecified atom stereocenters. The molecule has 0 spiro atoms. The molecule has 1 heterocycles. The maximum absolute atomic E-state index is 13.6. The lowest BCUT2D eigenvalue weighted by molar-refractivity contribution is -0.146. The molecule has 1 aromatic rings. The van der Waals surface area contributed by atoms with Gasteiger partial charge in [0, 0.05) is 17.6 Å². The van der Waals surface area contributed by atoms with E-state index in [1.807, 2.05) is 0 Å². The summed E-state index contributed by atoms with van der Waals surface area (Å²) in [6.07, 6.45) is 1.22. The highest BCUT2D eigenvalue weighted by atomic mass is 79.9. The quantitative estimate of drug-likeness (QED) is 0.895. The molecule has 1 aromatic carbocycles. The molecule has 21 heavy (non-hydrogen) atoms. The zero-order valence-electron chi connectivity index (χ0n) is 11.2. The molecule has 0 aromatic heterocycles. The number of hydrogen-bond donors (Lipinski definition) is 1. The molecule has 0 radical (unpaired) electrons. The molecule has 1 aliphatic heterocycles. The van der Waals surface area contributed by atoms with Crippen LogP contribution in [0.2, 0.25) is 0 Å². The summed E-state index contributed by atoms with van der Waals surface area (Å²) in [6, 6.07) is 4.30. The molecule has 1 N–H and O–H groups in total. The summed E-state index contributed by atoms with van der Waals surface area (Å²) in [6.45, 7) is 0.389. The van der Waals surface area contributed by atoms with Crippen molar-refractivity contribution in [2.24, 2.45) is 5.92 Å². The minimum absolute atomic E-state index is 0.00153. The normalized spacial score (nSPS) is 18.4. The van der Waals surface area contributed by atoms with Gasteiger partial charge in [0.15, 0.2) is 18.2 Å². The third-order valence-corrected chi connectivity index (χ3v) is 3.86. The molecule has 7 heteroatoms. The van der Waals surface area contributed by atoms with E-state index in [0.29, 0.717) is 23.9 Å². The molecule has 114 valence electrons. The minimum atomic E-state index is -0.896. The molecule has 1 amide bonds. The molecule has 1 aliphatic rings. The maximum Gasteiger partial charge on any atom is 0.308 e. The number of carboxylic acid groups (broad SMARTS) is 1. The average molecular weight is 360 g/mol. The van der Waals surface area contributed by atoms with Crippen LogP contribution >= 0.6 is 15.9 Å². The second kappa shape index (κ2) is 6.89. The molecule has 1 atom stereocenters. The number of carbonyl (C=O) groups excluding carboxylic acids is 1. The van der Waals surface area contributed by atoms with E-state index in [9.17, 15) is 14.0 Å². The standard InChI is InChI=1S/C14H15BrFNO4/c15-10-3-4-12(11(16)6-10)21-8-13(18)17-5-1-2-9(7-17)14(19)20/h3-4,6,9H,1-2,5,7-8H2,(H,19,20). The smallest absolute Gasteiger partial charge is 0.308 e. The highest BCUT2D eigenvalue weighted by Gasteiger charge is 2.28. The van der Waals surface area contributed by atoms with Crippen LogP contribution < -0.4 is 4.74 Å². The second-order valence-corrected chi connectivity index (χ2v) is 5.80. The van der Waals surface area contributed by atoms with Gasteiger partial charge in [0.05, 0.1) is 5.92 Å². The van der Waals surface area contributed by atoms with Crippen molar-refractivity contribution in [2.75, 3.05) is 19.7 Å². The van der Waals surface area contributed by atoms with Crippen molar-refractivity contribution in [2.45, 2.75) is 12.8 Å². The van der Waals surface area contributed by atoms with Gasteiger partial charge in [-0.15, -0.1) is 0 Å². The largest absolute Gasteiger partial charge is 0.481 e. The third-order valence-electron chi connectivity index (χ3n) is 3.37. The van der Waals surface area contributed by atoms with Crippen LogP contribution in [0.15, 0.2) is 22.7 Å². The molecule has 0 saturated carbocycles. The number of rotatable bonds is 4. The van der Waals surface area contributed by atoms with E-state index >= 15 is 0 Å². The average Bonchev–Trinajstić information content (AvgIpc) is 2.46. The zero-order chi connectivity index (χ0) is 15.4. The van der Waals surface area contributed by atoms with E-state index in [1.54, 1.807) is 6.07 Å². The topological polar surface area (TPSA) is 66.8 Å². The van der Waals surface area contributed by atoms with Gasteiger partial charge in [0.2, 0.25) is 0 Å². The van der Waals surface area contributed by atoms with Crippen LogP contribution in [-0.2, 0) is 9.59 Å². The number of carboxylic acids is 1. The van der Waals surface area contributed by atoms with E-state index in [-0.39, 0.29) is 24.8 Å². The Morgan fingerprint density at radius 2 is 2.24 bits per heavy atom. The number of benzene rings is 1. The molecule has 0 aliphatic carbocycles. The van der Waals surface area contributed by atoms with Crippen molar-refractivity contribution in [3.8, 4) is 5.75 Å². The Balaban J connectivity index is 1.90. The van der Waals surface area contributed by atoms with Crippen LogP contribution in [0.5, 0.6) is 5.75 Å². The number of halogens is 2. The van der Waals surface area contributed by atoms with Gasteiger partial charge in [0.1, 0.15) is 0 Å². The summed E-state index contributed by atoms with van der Waals surface area (Å²) in [5, 5.41) is 8.98. The fraction of sp³-hybridized carbons (Fsp3) is 0.429. The molecule has 2 rings (SSSR count). The first-order valence-corrected chi connectivity index (χ1v) is 7.35. The van der Waals surface area contributed by atoms with Crippen LogP contribution in [0.25, 0.3) is 0 Å². The number of ether oxygens (including phenoxy) is 1. The van der Waals surface area contributed by atoms with Gasteiger partial charge in [-0.2, -0.15) is 0 Å². The summed E-state index contributed by atoms with van der Waals surface area (Å²) in [4.78, 5) is 24.4. The summed E-state index contributed by atoms with van der Waals surface area (Å²) in [5.74, 6) is -2.32. The fourth-order valence-electron chi connectivity index (χ4n) is 2.23. The van der Waals surface area contributed by atoms with Crippen molar-refractivity contribution in [1.82, 2.24) is 4.90 Å². The molecule has 5 nitrogen and oxygen atoms in total. The Kier molecular flexibility index (Phi) is 5.17. The number of carbonyl (C=O) groups is 2. The molecule has 0 bridgehead atoms. The van der Waals surface area contributed by atoms with Gasteiger partial charge in [-0.05, 0) is 31.0 Å². The maximum atomic E-state index is 13.6. The van der Waals surface area contributed by atoms with E-state index in [0.717, 1.165) is 0 Å². The number of amides is 1. The summed E-state index contributed by atoms with van der Waals surface area (Å²) < 4.78 is 19.3. The van der Waals surface area contributed by atoms with Crippen LogP contribution in [-0.4, -0.2) is 41.6 Å². The lowest BCUT2D eigenvalue weighted by Gasteiger charge is -2.30. The predicted molar refractivity (Wildman–Crippen MR) is 76.5 cm³/mol. The van der Waals surface area contributed by atoms with Crippen molar-refractivity contribution in [1.29, 1.82) is 0 Å². The second-order valence-electron chi connectivity index (χ2n) is 4.88.